The van der Waals surface area contributed by atoms with Crippen LogP contribution in [0.5, 0.6) is 17.2 Å². The molecule has 0 saturated carbocycles. The molecule has 2 aliphatic rings. The molecule has 0 N–H and O–H groups in total. The molecule has 0 spiro atoms. The zero-order valence-corrected chi connectivity index (χ0v) is 17.2. The summed E-state index contributed by atoms with van der Waals surface area (Å²) in [4.78, 5) is 13.1. The van der Waals surface area contributed by atoms with Crippen LogP contribution in [0.3, 0.4) is 0 Å². The maximum Gasteiger partial charge on any atom is 0.230 e. The molecule has 3 heterocycles. The van der Waals surface area contributed by atoms with Gasteiger partial charge in [0.25, 0.3) is 0 Å². The summed E-state index contributed by atoms with van der Waals surface area (Å²) in [5.41, 5.74) is 1.71. The van der Waals surface area contributed by atoms with Crippen LogP contribution in [-0.4, -0.2) is 48.9 Å². The van der Waals surface area contributed by atoms with E-state index in [1.54, 1.807) is 24.5 Å². The molecule has 1 unspecified atom stereocenters. The molecule has 8 heteroatoms. The Kier molecular flexibility index (Phi) is 5.30. The van der Waals surface area contributed by atoms with Crippen LogP contribution in [0.15, 0.2) is 54.9 Å². The van der Waals surface area contributed by atoms with Crippen molar-refractivity contribution in [3.63, 3.8) is 0 Å². The highest BCUT2D eigenvalue weighted by Crippen LogP contribution is 2.39. The predicted molar refractivity (Wildman–Crippen MR) is 115 cm³/mol. The van der Waals surface area contributed by atoms with Gasteiger partial charge in [-0.15, -0.1) is 0 Å². The second-order valence-corrected chi connectivity index (χ2v) is 7.54. The molecule has 3 aromatic rings. The van der Waals surface area contributed by atoms with Crippen molar-refractivity contribution in [1.82, 2.24) is 9.97 Å². The van der Waals surface area contributed by atoms with E-state index in [0.29, 0.717) is 29.7 Å². The molecule has 160 valence electrons. The van der Waals surface area contributed by atoms with Crippen molar-refractivity contribution in [1.29, 1.82) is 0 Å². The first kappa shape index (κ1) is 19.6. The fourth-order valence-corrected chi connectivity index (χ4v) is 3.84. The van der Waals surface area contributed by atoms with Crippen LogP contribution in [0.2, 0.25) is 0 Å². The van der Waals surface area contributed by atoms with Crippen LogP contribution in [0.1, 0.15) is 6.92 Å². The normalized spacial score (nSPS) is 18.3. The van der Waals surface area contributed by atoms with Crippen molar-refractivity contribution in [2.75, 3.05) is 42.7 Å². The number of hydrogen-bond acceptors (Lipinski definition) is 7. The fraction of sp³-hybridized carbons (Fsp3) is 0.304. The molecular weight excluding hydrogens is 399 g/mol. The van der Waals surface area contributed by atoms with Gasteiger partial charge in [0.15, 0.2) is 17.3 Å². The number of halogens is 1. The maximum absolute atomic E-state index is 14.1. The van der Waals surface area contributed by atoms with Crippen molar-refractivity contribution in [2.45, 2.75) is 13.0 Å². The van der Waals surface area contributed by atoms with E-state index in [9.17, 15) is 4.39 Å². The lowest BCUT2D eigenvalue weighted by atomic mass is 10.2. The van der Waals surface area contributed by atoms with Gasteiger partial charge in [-0.2, -0.15) is 0 Å². The third-order valence-electron chi connectivity index (χ3n) is 5.37. The summed E-state index contributed by atoms with van der Waals surface area (Å²) in [6, 6.07) is 12.7. The molecule has 31 heavy (non-hydrogen) atoms. The van der Waals surface area contributed by atoms with Gasteiger partial charge in [0, 0.05) is 24.8 Å². The van der Waals surface area contributed by atoms with E-state index in [1.807, 2.05) is 30.0 Å². The molecule has 1 atom stereocenters. The third kappa shape index (κ3) is 3.98. The number of anilines is 3. The minimum Gasteiger partial charge on any atom is -0.486 e. The van der Waals surface area contributed by atoms with Crippen LogP contribution in [0.25, 0.3) is 0 Å². The molecule has 0 amide bonds. The Morgan fingerprint density at radius 1 is 1.03 bits per heavy atom. The fourth-order valence-electron chi connectivity index (χ4n) is 3.84. The minimum atomic E-state index is -0.394. The van der Waals surface area contributed by atoms with Gasteiger partial charge >= 0.3 is 0 Å². The van der Waals surface area contributed by atoms with Crippen LogP contribution in [0.4, 0.5) is 21.7 Å². The lowest BCUT2D eigenvalue weighted by Gasteiger charge is -2.35. The van der Waals surface area contributed by atoms with E-state index in [-0.39, 0.29) is 11.8 Å². The largest absolute Gasteiger partial charge is 0.486 e. The molecule has 2 aliphatic heterocycles. The van der Waals surface area contributed by atoms with Crippen molar-refractivity contribution in [2.24, 2.45) is 0 Å². The number of rotatable bonds is 4. The van der Waals surface area contributed by atoms with Crippen LogP contribution in [-0.2, 0) is 4.74 Å². The number of fused-ring (bicyclic) bond motifs is 1. The second-order valence-electron chi connectivity index (χ2n) is 7.54. The molecule has 2 aromatic carbocycles. The quantitative estimate of drug-likeness (QED) is 0.626. The van der Waals surface area contributed by atoms with E-state index in [4.69, 9.17) is 14.2 Å². The number of nitrogens with zero attached hydrogens (tertiary/aromatic N) is 4. The van der Waals surface area contributed by atoms with Crippen LogP contribution < -0.4 is 19.3 Å². The number of ether oxygens (including phenoxy) is 3. The number of hydrogen-bond donors (Lipinski definition) is 0. The number of benzene rings is 2. The van der Waals surface area contributed by atoms with Gasteiger partial charge < -0.3 is 24.0 Å². The standard InChI is InChI=1S/C23H23FN4O3/c1-16-15-30-22-20(24)6-3-7-21(22)28(16)23-25-13-19(14-26-23)31-18-5-2-4-17(12-18)27-8-10-29-11-9-27/h2-7,12-14,16H,8-11,15H2,1H3. The molecule has 1 aromatic heterocycles. The smallest absolute Gasteiger partial charge is 0.230 e. The Bertz CT molecular complexity index is 1060. The molecule has 0 aliphatic carbocycles. The van der Waals surface area contributed by atoms with Gasteiger partial charge in [-0.1, -0.05) is 12.1 Å². The second kappa shape index (κ2) is 8.39. The van der Waals surface area contributed by atoms with Crippen molar-refractivity contribution < 1.29 is 18.6 Å². The SMILES string of the molecule is CC1COc2c(F)cccc2N1c1ncc(Oc2cccc(N3CCOCC3)c2)cn1. The van der Waals surface area contributed by atoms with E-state index >= 15 is 0 Å². The van der Waals surface area contributed by atoms with E-state index in [2.05, 4.69) is 20.9 Å². The highest BCUT2D eigenvalue weighted by molar-refractivity contribution is 5.68. The van der Waals surface area contributed by atoms with Gasteiger partial charge in [-0.05, 0) is 31.2 Å². The molecule has 0 radical (unpaired) electrons. The zero-order chi connectivity index (χ0) is 21.2. The number of aromatic nitrogens is 2. The highest BCUT2D eigenvalue weighted by Gasteiger charge is 2.29. The van der Waals surface area contributed by atoms with Gasteiger partial charge in [-0.25, -0.2) is 14.4 Å². The first-order chi connectivity index (χ1) is 15.2. The van der Waals surface area contributed by atoms with Crippen molar-refractivity contribution in [3.8, 4) is 17.2 Å². The third-order valence-corrected chi connectivity index (χ3v) is 5.37. The van der Waals surface area contributed by atoms with Gasteiger partial charge in [0.1, 0.15) is 12.4 Å². The van der Waals surface area contributed by atoms with E-state index < -0.39 is 5.82 Å². The summed E-state index contributed by atoms with van der Waals surface area (Å²) >= 11 is 0. The van der Waals surface area contributed by atoms with Gasteiger partial charge in [-0.3, -0.25) is 0 Å². The van der Waals surface area contributed by atoms with Crippen molar-refractivity contribution in [3.05, 3.63) is 60.7 Å². The Labute approximate surface area is 180 Å². The number of morpholine rings is 1. The summed E-state index contributed by atoms with van der Waals surface area (Å²) in [7, 11) is 0. The predicted octanol–water partition coefficient (Wildman–Crippen LogP) is 4.16. The topological polar surface area (TPSA) is 60.0 Å². The minimum absolute atomic E-state index is 0.0359. The monoisotopic (exact) mass is 422 g/mol. The van der Waals surface area contributed by atoms with Crippen LogP contribution in [0, 0.1) is 5.82 Å². The highest BCUT2D eigenvalue weighted by atomic mass is 19.1. The lowest BCUT2D eigenvalue weighted by molar-refractivity contribution is 0.122. The Morgan fingerprint density at radius 2 is 1.81 bits per heavy atom. The summed E-state index contributed by atoms with van der Waals surface area (Å²) in [6.07, 6.45) is 3.26. The summed E-state index contributed by atoms with van der Waals surface area (Å²) in [5.74, 6) is 1.55. The van der Waals surface area contributed by atoms with E-state index in [1.165, 1.54) is 6.07 Å². The Morgan fingerprint density at radius 3 is 2.61 bits per heavy atom. The zero-order valence-electron chi connectivity index (χ0n) is 17.2. The van der Waals surface area contributed by atoms with Gasteiger partial charge in [0.05, 0.1) is 37.3 Å². The molecule has 1 fully saturated rings. The average Bonchev–Trinajstić information content (AvgIpc) is 2.81. The summed E-state index contributed by atoms with van der Waals surface area (Å²) < 4.78 is 31.1. The molecule has 7 nitrogen and oxygen atoms in total. The lowest BCUT2D eigenvalue weighted by Crippen LogP contribution is -2.38. The summed E-state index contributed by atoms with van der Waals surface area (Å²) in [5, 5.41) is 0. The Hall–Kier alpha value is -3.39. The maximum atomic E-state index is 14.1. The van der Waals surface area contributed by atoms with Crippen molar-refractivity contribution >= 4 is 17.3 Å². The first-order valence-corrected chi connectivity index (χ1v) is 10.3. The van der Waals surface area contributed by atoms with Gasteiger partial charge in [0.2, 0.25) is 5.95 Å². The first-order valence-electron chi connectivity index (χ1n) is 10.3. The molecule has 0 bridgehead atoms. The van der Waals surface area contributed by atoms with E-state index in [0.717, 1.165) is 32.0 Å². The molecule has 5 rings (SSSR count). The molecule has 1 saturated heterocycles. The Balaban J connectivity index is 1.35. The average molecular weight is 422 g/mol. The van der Waals surface area contributed by atoms with Crippen LogP contribution >= 0.6 is 0 Å². The number of para-hydroxylation sites is 1. The molecular formula is C23H23FN4O3. The summed E-state index contributed by atoms with van der Waals surface area (Å²) in [6.45, 7) is 5.52.